The van der Waals surface area contributed by atoms with Crippen molar-refractivity contribution in [3.05, 3.63) is 29.5 Å². The Hall–Kier alpha value is 0.416. The molecule has 0 amide bonds. The maximum atomic E-state index is 9.01. The Morgan fingerprint density at radius 3 is 2.15 bits per heavy atom. The van der Waals surface area contributed by atoms with Gasteiger partial charge in [0.15, 0.2) is 0 Å². The molecular weight excluding hydrogens is 193 g/mol. The third kappa shape index (κ3) is 5.67. The van der Waals surface area contributed by atoms with E-state index >= 15 is 0 Å². The molecule has 0 aliphatic carbocycles. The van der Waals surface area contributed by atoms with Gasteiger partial charge < -0.3 is 15.9 Å². The molecule has 0 aromatic heterocycles. The summed E-state index contributed by atoms with van der Waals surface area (Å²) in [5.74, 6) is 0.00435. The van der Waals surface area contributed by atoms with Gasteiger partial charge in [-0.1, -0.05) is 19.9 Å². The van der Waals surface area contributed by atoms with Crippen LogP contribution in [0.25, 0.3) is 5.73 Å². The van der Waals surface area contributed by atoms with Crippen LogP contribution in [0.3, 0.4) is 0 Å². The molecule has 0 bridgehead atoms. The van der Waals surface area contributed by atoms with Crippen LogP contribution in [0, 0.1) is 0 Å². The molecule has 0 atom stereocenters. The second-order valence-electron chi connectivity index (χ2n) is 1.99. The monoisotopic (exact) mass is 207 g/mol. The van der Waals surface area contributed by atoms with Gasteiger partial charge in [-0.15, -0.1) is 6.54 Å². The molecule has 1 aromatic carbocycles. The third-order valence-corrected chi connectivity index (χ3v) is 1.26. The van der Waals surface area contributed by atoms with E-state index in [-0.39, 0.29) is 69.4 Å². The number of hydrogen-bond acceptors (Lipinski definition) is 2. The first-order chi connectivity index (χ1) is 5.74. The maximum Gasteiger partial charge on any atom is 1.00 e. The van der Waals surface area contributed by atoms with E-state index in [1.165, 1.54) is 18.2 Å². The predicted molar refractivity (Wildman–Crippen MR) is 49.1 cm³/mol. The molecule has 1 aromatic rings. The van der Waals surface area contributed by atoms with Gasteiger partial charge in [-0.2, -0.15) is 0 Å². The van der Waals surface area contributed by atoms with Crippen molar-refractivity contribution in [1.82, 2.24) is 0 Å². The average molecular weight is 207 g/mol. The fourth-order valence-corrected chi connectivity index (χ4v) is 0.702. The zero-order valence-corrected chi connectivity index (χ0v) is 11.5. The Balaban J connectivity index is 0. The fraction of sp³-hybridized carbons (Fsp3) is 0.333. The fourth-order valence-electron chi connectivity index (χ4n) is 0.702. The molecular formula is C9H14KNO2. The van der Waals surface area contributed by atoms with Gasteiger partial charge in [0.2, 0.25) is 0 Å². The Bertz CT molecular complexity index is 241. The summed E-state index contributed by atoms with van der Waals surface area (Å²) in [6.07, 6.45) is 0. The normalized spacial score (nSPS) is 7.92. The van der Waals surface area contributed by atoms with Gasteiger partial charge in [0.05, 0.1) is 0 Å². The summed E-state index contributed by atoms with van der Waals surface area (Å²) in [7, 11) is 0. The summed E-state index contributed by atoms with van der Waals surface area (Å²) in [6.45, 7) is 4.03. The van der Waals surface area contributed by atoms with Gasteiger partial charge in [-0.25, -0.2) is 0 Å². The number of rotatable bonds is 1. The first-order valence-electron chi connectivity index (χ1n) is 3.89. The summed E-state index contributed by atoms with van der Waals surface area (Å²) in [5.41, 5.74) is 7.44. The van der Waals surface area contributed by atoms with Crippen LogP contribution in [0.2, 0.25) is 0 Å². The molecule has 3 N–H and O–H groups in total. The minimum atomic E-state index is -0.0185. The number of nitrogens with one attached hydrogen (secondary N) is 1. The van der Waals surface area contributed by atoms with Crippen LogP contribution in [-0.2, 0) is 6.54 Å². The minimum absolute atomic E-state index is 0. The summed E-state index contributed by atoms with van der Waals surface area (Å²) in [4.78, 5) is 0. The van der Waals surface area contributed by atoms with Gasteiger partial charge >= 0.3 is 51.4 Å². The molecule has 0 aliphatic heterocycles. The largest absolute Gasteiger partial charge is 1.00 e. The van der Waals surface area contributed by atoms with E-state index in [2.05, 4.69) is 0 Å². The van der Waals surface area contributed by atoms with Crippen LogP contribution in [0.5, 0.6) is 11.5 Å². The maximum absolute atomic E-state index is 9.01. The molecule has 13 heavy (non-hydrogen) atoms. The van der Waals surface area contributed by atoms with E-state index in [0.717, 1.165) is 0 Å². The van der Waals surface area contributed by atoms with Crippen LogP contribution in [0.15, 0.2) is 18.2 Å². The molecule has 0 fully saturated rings. The number of phenols is 2. The van der Waals surface area contributed by atoms with E-state index in [4.69, 9.17) is 15.9 Å². The van der Waals surface area contributed by atoms with Gasteiger partial charge in [0.25, 0.3) is 0 Å². The number of aromatic hydroxyl groups is 2. The Kier molecular flexibility index (Phi) is 11.0. The summed E-state index contributed by atoms with van der Waals surface area (Å²) < 4.78 is 0. The molecule has 0 radical (unpaired) electrons. The van der Waals surface area contributed by atoms with Gasteiger partial charge in [-0.05, 0) is 11.6 Å². The number of hydrogen-bond donors (Lipinski definition) is 2. The first kappa shape index (κ1) is 15.9. The van der Waals surface area contributed by atoms with E-state index in [9.17, 15) is 0 Å². The van der Waals surface area contributed by atoms with Crippen molar-refractivity contribution < 1.29 is 61.6 Å². The standard InChI is InChI=1S/C7H8NO2.C2H6.K/c8-4-5-1-2-6(9)3-7(5)10;1-2;/h1-3,8-10H,4H2;1-2H3;/q-1;;+1. The van der Waals surface area contributed by atoms with E-state index in [1.54, 1.807) is 0 Å². The van der Waals surface area contributed by atoms with Crippen molar-refractivity contribution in [3.63, 3.8) is 0 Å². The summed E-state index contributed by atoms with van der Waals surface area (Å²) in [6, 6.07) is 4.20. The summed E-state index contributed by atoms with van der Waals surface area (Å²) in [5, 5.41) is 17.8. The van der Waals surface area contributed by atoms with Gasteiger partial charge in [0, 0.05) is 6.07 Å². The zero-order valence-electron chi connectivity index (χ0n) is 8.33. The minimum Gasteiger partial charge on any atom is -0.674 e. The van der Waals surface area contributed by atoms with Crippen molar-refractivity contribution in [2.24, 2.45) is 0 Å². The van der Waals surface area contributed by atoms with E-state index in [0.29, 0.717) is 5.56 Å². The van der Waals surface area contributed by atoms with Gasteiger partial charge in [0.1, 0.15) is 11.5 Å². The van der Waals surface area contributed by atoms with Crippen LogP contribution < -0.4 is 51.4 Å². The molecule has 4 heteroatoms. The summed E-state index contributed by atoms with van der Waals surface area (Å²) >= 11 is 0. The molecule has 0 spiro atoms. The van der Waals surface area contributed by atoms with E-state index < -0.39 is 0 Å². The molecule has 1 rings (SSSR count). The number of benzene rings is 1. The molecule has 0 unspecified atom stereocenters. The van der Waals surface area contributed by atoms with Crippen molar-refractivity contribution >= 4 is 0 Å². The first-order valence-corrected chi connectivity index (χ1v) is 3.89. The Morgan fingerprint density at radius 1 is 1.23 bits per heavy atom. The SMILES string of the molecule is CC.[K+].[NH-]Cc1ccc(O)cc1O. The van der Waals surface area contributed by atoms with Crippen molar-refractivity contribution in [1.29, 1.82) is 0 Å². The Morgan fingerprint density at radius 2 is 1.77 bits per heavy atom. The molecule has 0 saturated carbocycles. The van der Waals surface area contributed by atoms with Crippen LogP contribution in [0.1, 0.15) is 19.4 Å². The van der Waals surface area contributed by atoms with Crippen molar-refractivity contribution in [3.8, 4) is 11.5 Å². The quantitative estimate of drug-likeness (QED) is 0.620. The second kappa shape index (κ2) is 8.99. The molecule has 3 nitrogen and oxygen atoms in total. The van der Waals surface area contributed by atoms with Crippen molar-refractivity contribution in [2.45, 2.75) is 20.4 Å². The Labute approximate surface area is 121 Å². The predicted octanol–water partition coefficient (Wildman–Crippen LogP) is -0.320. The van der Waals surface area contributed by atoms with Gasteiger partial charge in [-0.3, -0.25) is 0 Å². The number of phenolic OH excluding ortho intramolecular Hbond substituents is 2. The van der Waals surface area contributed by atoms with Crippen molar-refractivity contribution in [2.75, 3.05) is 0 Å². The van der Waals surface area contributed by atoms with E-state index in [1.807, 2.05) is 13.8 Å². The average Bonchev–Trinajstić information content (AvgIpc) is 2.08. The molecule has 68 valence electrons. The van der Waals surface area contributed by atoms with Crippen LogP contribution in [0.4, 0.5) is 0 Å². The zero-order chi connectivity index (χ0) is 9.56. The smallest absolute Gasteiger partial charge is 0.674 e. The molecule has 0 saturated heterocycles. The third-order valence-electron chi connectivity index (χ3n) is 1.26. The topological polar surface area (TPSA) is 64.3 Å². The van der Waals surface area contributed by atoms with Crippen LogP contribution in [-0.4, -0.2) is 10.2 Å². The molecule has 0 aliphatic rings. The van der Waals surface area contributed by atoms with Crippen LogP contribution >= 0.6 is 0 Å². The second-order valence-corrected chi connectivity index (χ2v) is 1.99. The molecule has 0 heterocycles.